The molecule has 0 aromatic heterocycles. The van der Waals surface area contributed by atoms with Crippen molar-refractivity contribution in [1.82, 2.24) is 4.90 Å². The summed E-state index contributed by atoms with van der Waals surface area (Å²) in [7, 11) is 4.18. The Labute approximate surface area is 121 Å². The van der Waals surface area contributed by atoms with E-state index in [1.807, 2.05) is 19.1 Å². The summed E-state index contributed by atoms with van der Waals surface area (Å²) in [5.74, 6) is 0.419. The van der Waals surface area contributed by atoms with Crippen molar-refractivity contribution in [2.75, 3.05) is 32.1 Å². The van der Waals surface area contributed by atoms with Gasteiger partial charge < -0.3 is 15.5 Å². The van der Waals surface area contributed by atoms with Crippen molar-refractivity contribution in [3.63, 3.8) is 0 Å². The number of hydrogen-bond acceptors (Lipinski definition) is 3. The molecule has 1 aliphatic heterocycles. The molecule has 1 fully saturated rings. The molecule has 0 bridgehead atoms. The molecule has 1 aliphatic rings. The number of rotatable bonds is 4. The van der Waals surface area contributed by atoms with Gasteiger partial charge in [-0.05, 0) is 51.1 Å². The molecule has 2 rings (SSSR count). The zero-order chi connectivity index (χ0) is 14.9. The maximum absolute atomic E-state index is 14.3. The number of likely N-dealkylation sites (N-methyl/N-ethyl adjacent to an activating group) is 1. The van der Waals surface area contributed by atoms with Gasteiger partial charge in [0, 0.05) is 25.2 Å². The molecule has 1 heterocycles. The van der Waals surface area contributed by atoms with Crippen LogP contribution in [0.3, 0.4) is 0 Å². The fourth-order valence-electron chi connectivity index (χ4n) is 3.12. The molecule has 1 aromatic rings. The summed E-state index contributed by atoms with van der Waals surface area (Å²) < 4.78 is 14.3. The predicted octanol–water partition coefficient (Wildman–Crippen LogP) is 2.10. The van der Waals surface area contributed by atoms with E-state index in [1.54, 1.807) is 6.07 Å². The lowest BCUT2D eigenvalue weighted by atomic mass is 10.1. The minimum Gasteiger partial charge on any atom is -0.367 e. The van der Waals surface area contributed by atoms with Gasteiger partial charge in [-0.2, -0.15) is 0 Å². The van der Waals surface area contributed by atoms with Gasteiger partial charge in [-0.3, -0.25) is 0 Å². The van der Waals surface area contributed by atoms with Crippen LogP contribution in [0.15, 0.2) is 18.2 Å². The maximum atomic E-state index is 14.3. The van der Waals surface area contributed by atoms with Gasteiger partial charge in [0.2, 0.25) is 0 Å². The van der Waals surface area contributed by atoms with E-state index in [1.165, 1.54) is 0 Å². The van der Waals surface area contributed by atoms with Crippen molar-refractivity contribution < 1.29 is 4.39 Å². The minimum absolute atomic E-state index is 0.0604. The second-order valence-electron chi connectivity index (χ2n) is 6.38. The first-order valence-corrected chi connectivity index (χ1v) is 7.34. The lowest BCUT2D eigenvalue weighted by Gasteiger charge is -2.23. The Bertz CT molecular complexity index is 459. The highest BCUT2D eigenvalue weighted by Crippen LogP contribution is 2.28. The van der Waals surface area contributed by atoms with E-state index in [0.717, 1.165) is 24.3 Å². The summed E-state index contributed by atoms with van der Waals surface area (Å²) >= 11 is 0. The summed E-state index contributed by atoms with van der Waals surface area (Å²) in [6, 6.07) is 6.07. The monoisotopic (exact) mass is 279 g/mol. The van der Waals surface area contributed by atoms with Crippen molar-refractivity contribution in [2.45, 2.75) is 32.4 Å². The largest absolute Gasteiger partial charge is 0.367 e. The molecular formula is C16H26FN3. The lowest BCUT2D eigenvalue weighted by molar-refractivity contribution is 0.266. The first kappa shape index (κ1) is 15.3. The van der Waals surface area contributed by atoms with Crippen LogP contribution in [-0.2, 0) is 6.42 Å². The second-order valence-corrected chi connectivity index (χ2v) is 6.38. The van der Waals surface area contributed by atoms with Crippen molar-refractivity contribution in [1.29, 1.82) is 0 Å². The van der Waals surface area contributed by atoms with E-state index >= 15 is 0 Å². The highest BCUT2D eigenvalue weighted by atomic mass is 19.1. The Morgan fingerprint density at radius 2 is 2.10 bits per heavy atom. The van der Waals surface area contributed by atoms with Crippen LogP contribution in [0, 0.1) is 11.7 Å². The Kier molecular flexibility index (Phi) is 4.66. The van der Waals surface area contributed by atoms with E-state index in [4.69, 9.17) is 5.73 Å². The SMILES string of the molecule is CC(N)Cc1ccc(N2CC(C)C(N(C)C)C2)c(F)c1. The number of benzene rings is 1. The molecule has 2 N–H and O–H groups in total. The van der Waals surface area contributed by atoms with Crippen LogP contribution < -0.4 is 10.6 Å². The topological polar surface area (TPSA) is 32.5 Å². The Balaban J connectivity index is 2.14. The number of anilines is 1. The van der Waals surface area contributed by atoms with Crippen LogP contribution in [0.1, 0.15) is 19.4 Å². The molecule has 4 heteroatoms. The molecule has 1 saturated heterocycles. The molecule has 112 valence electrons. The summed E-state index contributed by atoms with van der Waals surface area (Å²) in [5.41, 5.74) is 7.45. The van der Waals surface area contributed by atoms with Crippen LogP contribution in [0.25, 0.3) is 0 Å². The molecule has 0 amide bonds. The van der Waals surface area contributed by atoms with Gasteiger partial charge >= 0.3 is 0 Å². The van der Waals surface area contributed by atoms with E-state index in [9.17, 15) is 4.39 Å². The Morgan fingerprint density at radius 3 is 2.60 bits per heavy atom. The zero-order valence-corrected chi connectivity index (χ0v) is 12.9. The van der Waals surface area contributed by atoms with Crippen LogP contribution in [0.2, 0.25) is 0 Å². The maximum Gasteiger partial charge on any atom is 0.146 e. The first-order chi connectivity index (χ1) is 9.38. The van der Waals surface area contributed by atoms with Crippen molar-refractivity contribution in [3.05, 3.63) is 29.6 Å². The summed E-state index contributed by atoms with van der Waals surface area (Å²) in [6.45, 7) is 5.97. The number of halogens is 1. The number of nitrogens with two attached hydrogens (primary N) is 1. The van der Waals surface area contributed by atoms with Gasteiger partial charge in [0.25, 0.3) is 0 Å². The van der Waals surface area contributed by atoms with Crippen molar-refractivity contribution in [3.8, 4) is 0 Å². The standard InChI is InChI=1S/C16H26FN3/c1-11-9-20(10-16(11)19(3)4)15-6-5-13(7-12(2)18)8-14(15)17/h5-6,8,11-12,16H,7,9-10,18H2,1-4H3. The summed E-state index contributed by atoms with van der Waals surface area (Å²) in [6.07, 6.45) is 0.716. The van der Waals surface area contributed by atoms with Crippen LogP contribution in [0.5, 0.6) is 0 Å². The number of nitrogens with zero attached hydrogens (tertiary/aromatic N) is 2. The third-order valence-electron chi connectivity index (χ3n) is 4.15. The summed E-state index contributed by atoms with van der Waals surface area (Å²) in [4.78, 5) is 4.38. The molecule has 3 nitrogen and oxygen atoms in total. The Hall–Kier alpha value is -1.13. The van der Waals surface area contributed by atoms with Gasteiger partial charge in [0.15, 0.2) is 0 Å². The van der Waals surface area contributed by atoms with Crippen molar-refractivity contribution >= 4 is 5.69 Å². The van der Waals surface area contributed by atoms with Crippen molar-refractivity contribution in [2.24, 2.45) is 11.7 Å². The average molecular weight is 279 g/mol. The molecule has 20 heavy (non-hydrogen) atoms. The van der Waals surface area contributed by atoms with E-state index in [2.05, 4.69) is 30.8 Å². The molecule has 3 atom stereocenters. The zero-order valence-electron chi connectivity index (χ0n) is 12.9. The summed E-state index contributed by atoms with van der Waals surface area (Å²) in [5, 5.41) is 0. The molecular weight excluding hydrogens is 253 g/mol. The van der Waals surface area contributed by atoms with Crippen LogP contribution in [-0.4, -0.2) is 44.2 Å². The lowest BCUT2D eigenvalue weighted by Crippen LogP contribution is -2.34. The van der Waals surface area contributed by atoms with Gasteiger partial charge in [-0.15, -0.1) is 0 Å². The normalized spacial score (nSPS) is 24.4. The minimum atomic E-state index is -0.130. The van der Waals surface area contributed by atoms with Gasteiger partial charge in [0.05, 0.1) is 5.69 Å². The molecule has 0 saturated carbocycles. The quantitative estimate of drug-likeness (QED) is 0.916. The fraction of sp³-hybridized carbons (Fsp3) is 0.625. The van der Waals surface area contributed by atoms with Gasteiger partial charge in [-0.1, -0.05) is 13.0 Å². The van der Waals surface area contributed by atoms with Gasteiger partial charge in [-0.25, -0.2) is 4.39 Å². The smallest absolute Gasteiger partial charge is 0.146 e. The molecule has 0 aliphatic carbocycles. The Morgan fingerprint density at radius 1 is 1.40 bits per heavy atom. The highest BCUT2D eigenvalue weighted by Gasteiger charge is 2.32. The molecule has 0 radical (unpaired) electrons. The first-order valence-electron chi connectivity index (χ1n) is 7.34. The average Bonchev–Trinajstić information content (AvgIpc) is 2.70. The molecule has 1 aromatic carbocycles. The highest BCUT2D eigenvalue weighted by molar-refractivity contribution is 5.50. The van der Waals surface area contributed by atoms with Crippen LogP contribution in [0.4, 0.5) is 10.1 Å². The predicted molar refractivity (Wildman–Crippen MR) is 82.6 cm³/mol. The van der Waals surface area contributed by atoms with E-state index in [0.29, 0.717) is 18.4 Å². The molecule has 3 unspecified atom stereocenters. The van der Waals surface area contributed by atoms with Gasteiger partial charge in [0.1, 0.15) is 5.82 Å². The third kappa shape index (κ3) is 3.30. The fourth-order valence-corrected chi connectivity index (χ4v) is 3.12. The third-order valence-corrected chi connectivity index (χ3v) is 4.15. The van der Waals surface area contributed by atoms with E-state index in [-0.39, 0.29) is 11.9 Å². The number of hydrogen-bond donors (Lipinski definition) is 1. The molecule has 0 spiro atoms. The van der Waals surface area contributed by atoms with E-state index < -0.39 is 0 Å². The van der Waals surface area contributed by atoms with Crippen LogP contribution >= 0.6 is 0 Å². The second kappa shape index (κ2) is 6.10.